The van der Waals surface area contributed by atoms with Gasteiger partial charge in [-0.1, -0.05) is 35.4 Å². The van der Waals surface area contributed by atoms with Crippen molar-refractivity contribution in [2.75, 3.05) is 13.1 Å². The molecule has 0 saturated carbocycles. The van der Waals surface area contributed by atoms with E-state index < -0.39 is 0 Å². The molecule has 0 aliphatic heterocycles. The van der Waals surface area contributed by atoms with Crippen LogP contribution < -0.4 is 10.6 Å². The summed E-state index contributed by atoms with van der Waals surface area (Å²) < 4.78 is 1.81. The first-order valence-corrected chi connectivity index (χ1v) is 9.23. The third-order valence-corrected chi connectivity index (χ3v) is 4.29. The number of carbonyl (C=O) groups excluding carboxylic acids is 2. The summed E-state index contributed by atoms with van der Waals surface area (Å²) in [6.07, 6.45) is 4.41. The second kappa shape index (κ2) is 8.99. The number of aromatic nitrogens is 2. The Labute approximate surface area is 164 Å². The van der Waals surface area contributed by atoms with Crippen molar-refractivity contribution in [2.24, 2.45) is 0 Å². The zero-order valence-corrected chi connectivity index (χ0v) is 16.1. The molecule has 28 heavy (non-hydrogen) atoms. The second-order valence-corrected chi connectivity index (χ2v) is 6.79. The van der Waals surface area contributed by atoms with Gasteiger partial charge in [0.05, 0.1) is 18.4 Å². The molecule has 0 radical (unpaired) electrons. The number of carbonyl (C=O) groups is 2. The molecule has 3 rings (SSSR count). The molecule has 0 atom stereocenters. The van der Waals surface area contributed by atoms with Crippen molar-refractivity contribution in [1.29, 1.82) is 0 Å². The fourth-order valence-electron chi connectivity index (χ4n) is 2.99. The first-order valence-electron chi connectivity index (χ1n) is 9.23. The van der Waals surface area contributed by atoms with E-state index in [0.717, 1.165) is 22.4 Å². The smallest absolute Gasteiger partial charge is 0.251 e. The van der Waals surface area contributed by atoms with Crippen molar-refractivity contribution in [3.8, 4) is 5.69 Å². The molecule has 144 valence electrons. The van der Waals surface area contributed by atoms with Gasteiger partial charge in [-0.2, -0.15) is 5.10 Å². The molecule has 0 fully saturated rings. The molecule has 0 aliphatic rings. The van der Waals surface area contributed by atoms with Gasteiger partial charge in [-0.05, 0) is 50.1 Å². The van der Waals surface area contributed by atoms with Crippen LogP contribution in [0.3, 0.4) is 0 Å². The number of benzene rings is 2. The van der Waals surface area contributed by atoms with Gasteiger partial charge in [0.2, 0.25) is 5.91 Å². The fraction of sp³-hybridized carbons (Fsp3) is 0.227. The summed E-state index contributed by atoms with van der Waals surface area (Å²) in [5.74, 6) is -0.459. The highest BCUT2D eigenvalue weighted by Crippen LogP contribution is 2.09. The molecule has 2 amide bonds. The van der Waals surface area contributed by atoms with Gasteiger partial charge in [-0.15, -0.1) is 0 Å². The molecular formula is C22H24N4O2. The summed E-state index contributed by atoms with van der Waals surface area (Å²) in [5, 5.41) is 9.82. The number of aryl methyl sites for hydroxylation is 2. The van der Waals surface area contributed by atoms with Crippen LogP contribution >= 0.6 is 0 Å². The number of amides is 2. The van der Waals surface area contributed by atoms with Gasteiger partial charge in [0.15, 0.2) is 0 Å². The third kappa shape index (κ3) is 5.30. The zero-order chi connectivity index (χ0) is 19.9. The van der Waals surface area contributed by atoms with Crippen LogP contribution in [0.4, 0.5) is 0 Å². The highest BCUT2D eigenvalue weighted by atomic mass is 16.2. The highest BCUT2D eigenvalue weighted by molar-refractivity contribution is 5.96. The van der Waals surface area contributed by atoms with Crippen molar-refractivity contribution < 1.29 is 9.59 Å². The molecule has 0 bridgehead atoms. The minimum absolute atomic E-state index is 0.0465. The predicted molar refractivity (Wildman–Crippen MR) is 109 cm³/mol. The monoisotopic (exact) mass is 376 g/mol. The van der Waals surface area contributed by atoms with Gasteiger partial charge >= 0.3 is 0 Å². The number of hydrogen-bond acceptors (Lipinski definition) is 3. The summed E-state index contributed by atoms with van der Waals surface area (Å²) in [6.45, 7) is 4.32. The molecule has 0 aliphatic carbocycles. The zero-order valence-electron chi connectivity index (χ0n) is 16.1. The van der Waals surface area contributed by atoms with Crippen LogP contribution in [0.1, 0.15) is 27.0 Å². The standard InChI is InChI=1S/C22H24N4O2/c1-16-10-17(2)12-19(11-16)22(28)24-14-21(27)23-9-8-18-13-25-26(15-18)20-6-4-3-5-7-20/h3-7,10-13,15H,8-9,14H2,1-2H3,(H,23,27)(H,24,28). The first kappa shape index (κ1) is 19.4. The average molecular weight is 376 g/mol. The molecule has 1 aromatic heterocycles. The van der Waals surface area contributed by atoms with E-state index in [1.54, 1.807) is 10.9 Å². The van der Waals surface area contributed by atoms with Crippen molar-refractivity contribution in [3.63, 3.8) is 0 Å². The number of nitrogens with zero attached hydrogens (tertiary/aromatic N) is 2. The summed E-state index contributed by atoms with van der Waals surface area (Å²) in [6, 6.07) is 15.5. The highest BCUT2D eigenvalue weighted by Gasteiger charge is 2.09. The first-order chi connectivity index (χ1) is 13.5. The number of para-hydroxylation sites is 1. The summed E-state index contributed by atoms with van der Waals surface area (Å²) in [4.78, 5) is 24.2. The van der Waals surface area contributed by atoms with E-state index in [1.807, 2.05) is 68.6 Å². The lowest BCUT2D eigenvalue weighted by atomic mass is 10.1. The van der Waals surface area contributed by atoms with Gasteiger partial charge in [0.1, 0.15) is 0 Å². The van der Waals surface area contributed by atoms with E-state index >= 15 is 0 Å². The fourth-order valence-corrected chi connectivity index (χ4v) is 2.99. The lowest BCUT2D eigenvalue weighted by Crippen LogP contribution is -2.37. The molecule has 6 nitrogen and oxygen atoms in total. The SMILES string of the molecule is Cc1cc(C)cc(C(=O)NCC(=O)NCCc2cnn(-c3ccccc3)c2)c1. The van der Waals surface area contributed by atoms with Crippen molar-refractivity contribution in [2.45, 2.75) is 20.3 Å². The van der Waals surface area contributed by atoms with Crippen molar-refractivity contribution in [1.82, 2.24) is 20.4 Å². The lowest BCUT2D eigenvalue weighted by molar-refractivity contribution is -0.120. The number of hydrogen-bond donors (Lipinski definition) is 2. The van der Waals surface area contributed by atoms with Gasteiger partial charge < -0.3 is 10.6 Å². The minimum atomic E-state index is -0.244. The van der Waals surface area contributed by atoms with Crippen LogP contribution in [0, 0.1) is 13.8 Å². The van der Waals surface area contributed by atoms with Crippen LogP contribution in [0.25, 0.3) is 5.69 Å². The molecule has 6 heteroatoms. The maximum Gasteiger partial charge on any atom is 0.251 e. The largest absolute Gasteiger partial charge is 0.354 e. The third-order valence-electron chi connectivity index (χ3n) is 4.29. The summed E-state index contributed by atoms with van der Waals surface area (Å²) in [5.41, 5.74) is 4.63. The average Bonchev–Trinajstić information content (AvgIpc) is 3.15. The molecule has 0 saturated heterocycles. The van der Waals surface area contributed by atoms with E-state index in [2.05, 4.69) is 15.7 Å². The van der Waals surface area contributed by atoms with Crippen molar-refractivity contribution >= 4 is 11.8 Å². The van der Waals surface area contributed by atoms with E-state index in [-0.39, 0.29) is 18.4 Å². The van der Waals surface area contributed by atoms with Crippen LogP contribution in [-0.4, -0.2) is 34.7 Å². The number of rotatable bonds is 7. The van der Waals surface area contributed by atoms with Gasteiger partial charge in [0.25, 0.3) is 5.91 Å². The van der Waals surface area contributed by atoms with Gasteiger partial charge in [0, 0.05) is 18.3 Å². The predicted octanol–water partition coefficient (Wildman–Crippen LogP) is 2.58. The second-order valence-electron chi connectivity index (χ2n) is 6.79. The maximum absolute atomic E-state index is 12.2. The molecule has 1 heterocycles. The van der Waals surface area contributed by atoms with Crippen LogP contribution in [0.5, 0.6) is 0 Å². The minimum Gasteiger partial charge on any atom is -0.354 e. The van der Waals surface area contributed by atoms with Crippen LogP contribution in [-0.2, 0) is 11.2 Å². The summed E-state index contributed by atoms with van der Waals surface area (Å²) in [7, 11) is 0. The van der Waals surface area contributed by atoms with Gasteiger partial charge in [-0.25, -0.2) is 4.68 Å². The van der Waals surface area contributed by atoms with Crippen molar-refractivity contribution in [3.05, 3.63) is 83.2 Å². The van der Waals surface area contributed by atoms with Crippen LogP contribution in [0.15, 0.2) is 60.9 Å². The van der Waals surface area contributed by atoms with E-state index in [1.165, 1.54) is 0 Å². The van der Waals surface area contributed by atoms with Crippen LogP contribution in [0.2, 0.25) is 0 Å². The van der Waals surface area contributed by atoms with Gasteiger partial charge in [-0.3, -0.25) is 9.59 Å². The summed E-state index contributed by atoms with van der Waals surface area (Å²) >= 11 is 0. The van der Waals surface area contributed by atoms with E-state index in [9.17, 15) is 9.59 Å². The molecule has 0 spiro atoms. The Bertz CT molecular complexity index is 943. The Kier molecular flexibility index (Phi) is 6.22. The van der Waals surface area contributed by atoms with E-state index in [4.69, 9.17) is 0 Å². The Morgan fingerprint density at radius 2 is 1.71 bits per heavy atom. The van der Waals surface area contributed by atoms with E-state index in [0.29, 0.717) is 18.5 Å². The normalized spacial score (nSPS) is 10.5. The molecule has 3 aromatic rings. The molecule has 2 N–H and O–H groups in total. The maximum atomic E-state index is 12.2. The quantitative estimate of drug-likeness (QED) is 0.665. The number of nitrogens with one attached hydrogen (secondary N) is 2. The lowest BCUT2D eigenvalue weighted by Gasteiger charge is -2.08. The Hall–Kier alpha value is -3.41. The Morgan fingerprint density at radius 3 is 2.43 bits per heavy atom. The molecular weight excluding hydrogens is 352 g/mol. The Balaban J connectivity index is 1.42. The molecule has 2 aromatic carbocycles. The molecule has 0 unspecified atom stereocenters. The Morgan fingerprint density at radius 1 is 1.00 bits per heavy atom. The topological polar surface area (TPSA) is 76.0 Å².